The summed E-state index contributed by atoms with van der Waals surface area (Å²) in [6, 6.07) is 6.58. The van der Waals surface area contributed by atoms with Crippen molar-refractivity contribution in [1.29, 1.82) is 0 Å². The second-order valence-corrected chi connectivity index (χ2v) is 2.93. The first-order valence-corrected chi connectivity index (χ1v) is 4.23. The SMILES string of the molecule is CC(O)Oc1ccc(CC(=O)O)cc1. The molecular weight excluding hydrogens is 184 g/mol. The predicted molar refractivity (Wildman–Crippen MR) is 50.1 cm³/mol. The van der Waals surface area contributed by atoms with Crippen molar-refractivity contribution in [3.8, 4) is 5.75 Å². The Morgan fingerprint density at radius 1 is 1.43 bits per heavy atom. The topological polar surface area (TPSA) is 66.8 Å². The predicted octanol–water partition coefficient (Wildman–Crippen LogP) is 1.03. The Morgan fingerprint density at radius 3 is 2.43 bits per heavy atom. The van der Waals surface area contributed by atoms with Crippen LogP contribution in [0.15, 0.2) is 24.3 Å². The lowest BCUT2D eigenvalue weighted by atomic mass is 10.1. The van der Waals surface area contributed by atoms with Gasteiger partial charge >= 0.3 is 5.97 Å². The van der Waals surface area contributed by atoms with Crippen LogP contribution in [0.4, 0.5) is 0 Å². The fourth-order valence-electron chi connectivity index (χ4n) is 1.06. The Bertz CT molecular complexity index is 302. The van der Waals surface area contributed by atoms with Crippen molar-refractivity contribution in [2.24, 2.45) is 0 Å². The summed E-state index contributed by atoms with van der Waals surface area (Å²) in [5, 5.41) is 17.4. The molecule has 0 saturated carbocycles. The number of benzene rings is 1. The quantitative estimate of drug-likeness (QED) is 0.706. The number of aliphatic hydroxyl groups is 1. The molecule has 0 radical (unpaired) electrons. The molecule has 0 aliphatic heterocycles. The van der Waals surface area contributed by atoms with Crippen molar-refractivity contribution in [1.82, 2.24) is 0 Å². The molecule has 0 aromatic heterocycles. The summed E-state index contributed by atoms with van der Waals surface area (Å²) in [5.74, 6) is -0.344. The standard InChI is InChI=1S/C10H12O4/c1-7(11)14-9-4-2-8(3-5-9)6-10(12)13/h2-5,7,11H,6H2,1H3,(H,12,13). The smallest absolute Gasteiger partial charge is 0.307 e. The van der Waals surface area contributed by atoms with E-state index < -0.39 is 12.3 Å². The third-order valence-corrected chi connectivity index (χ3v) is 1.59. The van der Waals surface area contributed by atoms with Crippen molar-refractivity contribution in [2.45, 2.75) is 19.6 Å². The molecule has 1 aromatic rings. The number of carbonyl (C=O) groups is 1. The Balaban J connectivity index is 2.63. The van der Waals surface area contributed by atoms with Crippen LogP contribution in [-0.2, 0) is 11.2 Å². The number of aliphatic hydroxyl groups excluding tert-OH is 1. The van der Waals surface area contributed by atoms with Gasteiger partial charge in [-0.2, -0.15) is 0 Å². The fourth-order valence-corrected chi connectivity index (χ4v) is 1.06. The lowest BCUT2D eigenvalue weighted by molar-refractivity contribution is -0.136. The van der Waals surface area contributed by atoms with Crippen molar-refractivity contribution in [3.63, 3.8) is 0 Å². The molecule has 1 rings (SSSR count). The highest BCUT2D eigenvalue weighted by Crippen LogP contribution is 2.13. The van der Waals surface area contributed by atoms with Crippen LogP contribution in [0.25, 0.3) is 0 Å². The van der Waals surface area contributed by atoms with Crippen LogP contribution >= 0.6 is 0 Å². The molecule has 4 heteroatoms. The van der Waals surface area contributed by atoms with Crippen molar-refractivity contribution in [3.05, 3.63) is 29.8 Å². The zero-order valence-corrected chi connectivity index (χ0v) is 7.80. The molecule has 0 fully saturated rings. The molecule has 0 saturated heterocycles. The lowest BCUT2D eigenvalue weighted by Gasteiger charge is -2.08. The van der Waals surface area contributed by atoms with Gasteiger partial charge in [-0.15, -0.1) is 0 Å². The molecule has 1 aromatic carbocycles. The van der Waals surface area contributed by atoms with Gasteiger partial charge < -0.3 is 14.9 Å². The van der Waals surface area contributed by atoms with Gasteiger partial charge in [0.25, 0.3) is 0 Å². The molecule has 0 aliphatic carbocycles. The van der Waals surface area contributed by atoms with Crippen LogP contribution in [0.5, 0.6) is 5.75 Å². The minimum atomic E-state index is -0.866. The van der Waals surface area contributed by atoms with Crippen LogP contribution < -0.4 is 4.74 Å². The van der Waals surface area contributed by atoms with Crippen molar-refractivity contribution < 1.29 is 19.7 Å². The van der Waals surface area contributed by atoms with E-state index in [1.54, 1.807) is 24.3 Å². The van der Waals surface area contributed by atoms with Gasteiger partial charge in [-0.25, -0.2) is 0 Å². The van der Waals surface area contributed by atoms with Crippen LogP contribution in [0.3, 0.4) is 0 Å². The van der Waals surface area contributed by atoms with Crippen LogP contribution in [0.1, 0.15) is 12.5 Å². The number of hydrogen-bond donors (Lipinski definition) is 2. The van der Waals surface area contributed by atoms with Crippen LogP contribution in [-0.4, -0.2) is 22.5 Å². The maximum Gasteiger partial charge on any atom is 0.307 e. The van der Waals surface area contributed by atoms with Crippen LogP contribution in [0.2, 0.25) is 0 Å². The van der Waals surface area contributed by atoms with Gasteiger partial charge in [0.2, 0.25) is 0 Å². The number of aliphatic carboxylic acids is 1. The van der Waals surface area contributed by atoms with Gasteiger partial charge in [-0.1, -0.05) is 12.1 Å². The summed E-state index contributed by atoms with van der Waals surface area (Å²) < 4.78 is 4.98. The molecule has 76 valence electrons. The van der Waals surface area contributed by atoms with E-state index in [0.29, 0.717) is 11.3 Å². The molecule has 1 unspecified atom stereocenters. The van der Waals surface area contributed by atoms with Gasteiger partial charge in [-0.05, 0) is 24.6 Å². The molecule has 0 heterocycles. The summed E-state index contributed by atoms with van der Waals surface area (Å²) in [4.78, 5) is 10.4. The number of carboxylic acids is 1. The van der Waals surface area contributed by atoms with E-state index in [0.717, 1.165) is 0 Å². The third kappa shape index (κ3) is 3.45. The first kappa shape index (κ1) is 10.5. The summed E-state index contributed by atoms with van der Waals surface area (Å²) in [6.45, 7) is 1.51. The number of carboxylic acid groups (broad SMARTS) is 1. The Hall–Kier alpha value is -1.55. The monoisotopic (exact) mass is 196 g/mol. The zero-order valence-electron chi connectivity index (χ0n) is 7.80. The Kier molecular flexibility index (Phi) is 3.48. The molecule has 0 bridgehead atoms. The normalized spacial score (nSPS) is 12.1. The van der Waals surface area contributed by atoms with E-state index in [2.05, 4.69) is 0 Å². The van der Waals surface area contributed by atoms with E-state index in [1.165, 1.54) is 6.92 Å². The summed E-state index contributed by atoms with van der Waals surface area (Å²) >= 11 is 0. The molecule has 1 atom stereocenters. The van der Waals surface area contributed by atoms with E-state index in [-0.39, 0.29) is 6.42 Å². The average molecular weight is 196 g/mol. The minimum Gasteiger partial charge on any atom is -0.481 e. The molecule has 4 nitrogen and oxygen atoms in total. The van der Waals surface area contributed by atoms with Gasteiger partial charge in [0.15, 0.2) is 6.29 Å². The minimum absolute atomic E-state index is 0.00500. The van der Waals surface area contributed by atoms with Gasteiger partial charge in [0.1, 0.15) is 5.75 Å². The second-order valence-electron chi connectivity index (χ2n) is 2.93. The molecule has 0 amide bonds. The fraction of sp³-hybridized carbons (Fsp3) is 0.300. The zero-order chi connectivity index (χ0) is 10.6. The Labute approximate surface area is 81.8 Å². The van der Waals surface area contributed by atoms with Gasteiger partial charge in [0.05, 0.1) is 6.42 Å². The molecule has 0 spiro atoms. The van der Waals surface area contributed by atoms with E-state index in [9.17, 15) is 4.79 Å². The highest BCUT2D eigenvalue weighted by molar-refractivity contribution is 5.70. The first-order valence-electron chi connectivity index (χ1n) is 4.23. The van der Waals surface area contributed by atoms with E-state index >= 15 is 0 Å². The number of rotatable bonds is 4. The van der Waals surface area contributed by atoms with Crippen LogP contribution in [0, 0.1) is 0 Å². The molecule has 14 heavy (non-hydrogen) atoms. The van der Waals surface area contributed by atoms with Gasteiger partial charge in [0, 0.05) is 0 Å². The van der Waals surface area contributed by atoms with E-state index in [1.807, 2.05) is 0 Å². The number of hydrogen-bond acceptors (Lipinski definition) is 3. The van der Waals surface area contributed by atoms with E-state index in [4.69, 9.17) is 14.9 Å². The molecule has 2 N–H and O–H groups in total. The first-order chi connectivity index (χ1) is 6.58. The second kappa shape index (κ2) is 4.62. The highest BCUT2D eigenvalue weighted by Gasteiger charge is 2.01. The summed E-state index contributed by atoms with van der Waals surface area (Å²) in [7, 11) is 0. The molecule has 0 aliphatic rings. The maximum absolute atomic E-state index is 10.4. The summed E-state index contributed by atoms with van der Waals surface area (Å²) in [6.07, 6.45) is -0.866. The lowest BCUT2D eigenvalue weighted by Crippen LogP contribution is -2.09. The summed E-state index contributed by atoms with van der Waals surface area (Å²) in [5.41, 5.74) is 0.704. The van der Waals surface area contributed by atoms with Crippen molar-refractivity contribution in [2.75, 3.05) is 0 Å². The van der Waals surface area contributed by atoms with Crippen molar-refractivity contribution >= 4 is 5.97 Å². The third-order valence-electron chi connectivity index (χ3n) is 1.59. The average Bonchev–Trinajstić information content (AvgIpc) is 2.06. The highest BCUT2D eigenvalue weighted by atomic mass is 16.6. The van der Waals surface area contributed by atoms with Gasteiger partial charge in [-0.3, -0.25) is 4.79 Å². The number of ether oxygens (including phenoxy) is 1. The largest absolute Gasteiger partial charge is 0.481 e. The maximum atomic E-state index is 10.4. The molecular formula is C10H12O4. The Morgan fingerprint density at radius 2 is 2.00 bits per heavy atom.